The monoisotopic (exact) mass is 226 g/mol. The van der Waals surface area contributed by atoms with Crippen molar-refractivity contribution in [3.8, 4) is 0 Å². The molecule has 0 bridgehead atoms. The van der Waals surface area contributed by atoms with Crippen LogP contribution < -0.4 is 10.6 Å². The van der Waals surface area contributed by atoms with Gasteiger partial charge in [0.15, 0.2) is 0 Å². The maximum atomic E-state index is 11.8. The fraction of sp³-hybridized carbons (Fsp3) is 0.917. The van der Waals surface area contributed by atoms with Gasteiger partial charge in [0.1, 0.15) is 0 Å². The van der Waals surface area contributed by atoms with Crippen molar-refractivity contribution in [2.45, 2.75) is 50.7 Å². The fourth-order valence-electron chi connectivity index (χ4n) is 2.38. The third-order valence-electron chi connectivity index (χ3n) is 3.40. The predicted molar refractivity (Wildman–Crippen MR) is 62.2 cm³/mol. The van der Waals surface area contributed by atoms with Gasteiger partial charge < -0.3 is 15.4 Å². The van der Waals surface area contributed by atoms with E-state index in [0.717, 1.165) is 38.8 Å². The first-order valence-corrected chi connectivity index (χ1v) is 6.49. The number of piperidine rings is 1. The molecule has 2 saturated heterocycles. The number of amides is 1. The second kappa shape index (κ2) is 6.21. The molecule has 1 amide bonds. The summed E-state index contributed by atoms with van der Waals surface area (Å²) >= 11 is 0. The van der Waals surface area contributed by atoms with E-state index >= 15 is 0 Å². The third kappa shape index (κ3) is 3.46. The lowest BCUT2D eigenvalue weighted by molar-refractivity contribution is -0.124. The molecule has 2 N–H and O–H groups in total. The number of hydrogen-bond acceptors (Lipinski definition) is 3. The van der Waals surface area contributed by atoms with E-state index in [0.29, 0.717) is 6.54 Å². The minimum absolute atomic E-state index is 0.0253. The summed E-state index contributed by atoms with van der Waals surface area (Å²) in [5.74, 6) is 0.147. The zero-order valence-corrected chi connectivity index (χ0v) is 9.84. The molecule has 4 nitrogen and oxygen atoms in total. The molecule has 4 heteroatoms. The Morgan fingerprint density at radius 1 is 1.25 bits per heavy atom. The molecule has 0 aromatic carbocycles. The molecular formula is C12H22N2O2. The van der Waals surface area contributed by atoms with Crippen molar-refractivity contribution in [3.63, 3.8) is 0 Å². The van der Waals surface area contributed by atoms with Crippen LogP contribution in [0.4, 0.5) is 0 Å². The molecule has 0 saturated carbocycles. The van der Waals surface area contributed by atoms with E-state index in [-0.39, 0.29) is 18.1 Å². The van der Waals surface area contributed by atoms with E-state index in [1.165, 1.54) is 12.8 Å². The molecule has 2 aliphatic rings. The summed E-state index contributed by atoms with van der Waals surface area (Å²) in [6.45, 7) is 2.50. The second-order valence-electron chi connectivity index (χ2n) is 4.74. The van der Waals surface area contributed by atoms with Gasteiger partial charge in [0, 0.05) is 13.2 Å². The lowest BCUT2D eigenvalue weighted by Gasteiger charge is -2.26. The molecule has 2 fully saturated rings. The van der Waals surface area contributed by atoms with Gasteiger partial charge in [-0.1, -0.05) is 6.42 Å². The molecule has 2 atom stereocenters. The minimum Gasteiger partial charge on any atom is -0.376 e. The number of nitrogens with one attached hydrogen (secondary N) is 2. The molecular weight excluding hydrogens is 204 g/mol. The first kappa shape index (κ1) is 11.9. The maximum Gasteiger partial charge on any atom is 0.237 e. The summed E-state index contributed by atoms with van der Waals surface area (Å²) in [6, 6.07) is 0.0253. The highest BCUT2D eigenvalue weighted by atomic mass is 16.5. The molecule has 2 aliphatic heterocycles. The summed E-state index contributed by atoms with van der Waals surface area (Å²) in [4.78, 5) is 11.8. The minimum atomic E-state index is 0.0253. The van der Waals surface area contributed by atoms with E-state index in [1.807, 2.05) is 0 Å². The molecule has 0 spiro atoms. The number of rotatable bonds is 3. The molecule has 0 radical (unpaired) electrons. The first-order chi connectivity index (χ1) is 7.86. The Labute approximate surface area is 97.1 Å². The molecule has 0 aromatic rings. The van der Waals surface area contributed by atoms with Crippen LogP contribution in [-0.2, 0) is 9.53 Å². The van der Waals surface area contributed by atoms with Crippen LogP contribution in [0.5, 0.6) is 0 Å². The highest BCUT2D eigenvalue weighted by Crippen LogP contribution is 2.12. The number of ether oxygens (including phenoxy) is 1. The van der Waals surface area contributed by atoms with E-state index in [2.05, 4.69) is 10.6 Å². The van der Waals surface area contributed by atoms with Gasteiger partial charge >= 0.3 is 0 Å². The van der Waals surface area contributed by atoms with Crippen molar-refractivity contribution in [2.75, 3.05) is 19.7 Å². The van der Waals surface area contributed by atoms with Gasteiger partial charge in [-0.25, -0.2) is 0 Å². The van der Waals surface area contributed by atoms with Gasteiger partial charge in [0.05, 0.1) is 12.1 Å². The molecule has 92 valence electrons. The zero-order valence-electron chi connectivity index (χ0n) is 9.84. The number of carbonyl (C=O) groups excluding carboxylic acids is 1. The zero-order chi connectivity index (χ0) is 11.2. The Kier molecular flexibility index (Phi) is 4.60. The largest absolute Gasteiger partial charge is 0.376 e. The molecule has 2 rings (SSSR count). The quantitative estimate of drug-likeness (QED) is 0.749. The molecule has 0 aromatic heterocycles. The molecule has 1 unspecified atom stereocenters. The van der Waals surface area contributed by atoms with Gasteiger partial charge in [-0.2, -0.15) is 0 Å². The lowest BCUT2D eigenvalue weighted by atomic mass is 10.0. The third-order valence-corrected chi connectivity index (χ3v) is 3.40. The first-order valence-electron chi connectivity index (χ1n) is 6.49. The average molecular weight is 226 g/mol. The molecule has 16 heavy (non-hydrogen) atoms. The Bertz CT molecular complexity index is 221. The lowest BCUT2D eigenvalue weighted by Crippen LogP contribution is -2.48. The van der Waals surface area contributed by atoms with Gasteiger partial charge in [-0.15, -0.1) is 0 Å². The normalized spacial score (nSPS) is 31.0. The van der Waals surface area contributed by atoms with E-state index < -0.39 is 0 Å². The van der Waals surface area contributed by atoms with Gasteiger partial charge in [0.25, 0.3) is 0 Å². The second-order valence-corrected chi connectivity index (χ2v) is 4.74. The SMILES string of the molecule is O=C(NCC1CCCCO1)[C@H]1CCCCN1. The van der Waals surface area contributed by atoms with Crippen molar-refractivity contribution < 1.29 is 9.53 Å². The highest BCUT2D eigenvalue weighted by molar-refractivity contribution is 5.81. The smallest absolute Gasteiger partial charge is 0.237 e. The summed E-state index contributed by atoms with van der Waals surface area (Å²) in [6.07, 6.45) is 7.02. The highest BCUT2D eigenvalue weighted by Gasteiger charge is 2.21. The van der Waals surface area contributed by atoms with Crippen molar-refractivity contribution >= 4 is 5.91 Å². The standard InChI is InChI=1S/C12H22N2O2/c15-12(11-6-1-3-7-13-11)14-9-10-5-2-4-8-16-10/h10-11,13H,1-9H2,(H,14,15)/t10?,11-/m1/s1. The number of hydrogen-bond donors (Lipinski definition) is 2. The Morgan fingerprint density at radius 3 is 2.81 bits per heavy atom. The summed E-state index contributed by atoms with van der Waals surface area (Å²) in [5.41, 5.74) is 0. The van der Waals surface area contributed by atoms with Crippen LogP contribution in [0.25, 0.3) is 0 Å². The van der Waals surface area contributed by atoms with Crippen LogP contribution in [0.2, 0.25) is 0 Å². The van der Waals surface area contributed by atoms with E-state index in [9.17, 15) is 4.79 Å². The predicted octanol–water partition coefficient (Wildman–Crippen LogP) is 0.814. The summed E-state index contributed by atoms with van der Waals surface area (Å²) in [5, 5.41) is 6.25. The Morgan fingerprint density at radius 2 is 2.12 bits per heavy atom. The average Bonchev–Trinajstić information content (AvgIpc) is 2.38. The van der Waals surface area contributed by atoms with Gasteiger partial charge in [0.2, 0.25) is 5.91 Å². The van der Waals surface area contributed by atoms with E-state index in [1.54, 1.807) is 0 Å². The van der Waals surface area contributed by atoms with Crippen LogP contribution in [0, 0.1) is 0 Å². The van der Waals surface area contributed by atoms with Crippen molar-refractivity contribution in [1.82, 2.24) is 10.6 Å². The van der Waals surface area contributed by atoms with Crippen molar-refractivity contribution in [1.29, 1.82) is 0 Å². The van der Waals surface area contributed by atoms with Crippen LogP contribution >= 0.6 is 0 Å². The van der Waals surface area contributed by atoms with Crippen LogP contribution in [0.15, 0.2) is 0 Å². The summed E-state index contributed by atoms with van der Waals surface area (Å²) < 4.78 is 5.58. The molecule has 2 heterocycles. The van der Waals surface area contributed by atoms with Gasteiger partial charge in [-0.05, 0) is 38.6 Å². The topological polar surface area (TPSA) is 50.4 Å². The Balaban J connectivity index is 1.65. The summed E-state index contributed by atoms with van der Waals surface area (Å²) in [7, 11) is 0. The molecule has 0 aliphatic carbocycles. The van der Waals surface area contributed by atoms with Gasteiger partial charge in [-0.3, -0.25) is 4.79 Å². The van der Waals surface area contributed by atoms with Crippen molar-refractivity contribution in [2.24, 2.45) is 0 Å². The van der Waals surface area contributed by atoms with E-state index in [4.69, 9.17) is 4.74 Å². The van der Waals surface area contributed by atoms with Crippen LogP contribution in [0.1, 0.15) is 38.5 Å². The fourth-order valence-corrected chi connectivity index (χ4v) is 2.38. The van der Waals surface area contributed by atoms with Crippen molar-refractivity contribution in [3.05, 3.63) is 0 Å². The Hall–Kier alpha value is -0.610. The van der Waals surface area contributed by atoms with Crippen LogP contribution in [0.3, 0.4) is 0 Å². The number of carbonyl (C=O) groups is 1. The maximum absolute atomic E-state index is 11.8. The van der Waals surface area contributed by atoms with Crippen LogP contribution in [-0.4, -0.2) is 37.7 Å².